The van der Waals surface area contributed by atoms with Crippen LogP contribution in [0.3, 0.4) is 0 Å². The van der Waals surface area contributed by atoms with Gasteiger partial charge in [0.15, 0.2) is 12.1 Å². The van der Waals surface area contributed by atoms with Gasteiger partial charge in [-0.05, 0) is 18.9 Å². The van der Waals surface area contributed by atoms with Crippen molar-refractivity contribution in [3.05, 3.63) is 35.3 Å². The maximum atomic E-state index is 12.7. The monoisotopic (exact) mass is 318 g/mol. The molecule has 1 aliphatic rings. The lowest BCUT2D eigenvalue weighted by molar-refractivity contribution is 0.0738. The van der Waals surface area contributed by atoms with E-state index >= 15 is 0 Å². The van der Waals surface area contributed by atoms with Crippen molar-refractivity contribution < 1.29 is 14.3 Å². The van der Waals surface area contributed by atoms with Crippen LogP contribution in [-0.4, -0.2) is 37.2 Å². The lowest BCUT2D eigenvalue weighted by Gasteiger charge is -2.19. The molecule has 124 valence electrons. The topological polar surface area (TPSA) is 84.4 Å². The van der Waals surface area contributed by atoms with Crippen molar-refractivity contribution in [1.82, 2.24) is 19.7 Å². The summed E-state index contributed by atoms with van der Waals surface area (Å²) in [6.07, 6.45) is 2.85. The van der Waals surface area contributed by atoms with Gasteiger partial charge in [-0.3, -0.25) is 9.48 Å². The molecule has 0 aromatic carbocycles. The van der Waals surface area contributed by atoms with E-state index in [9.17, 15) is 9.90 Å². The molecule has 1 aliphatic heterocycles. The van der Waals surface area contributed by atoms with Gasteiger partial charge in [-0.2, -0.15) is 5.10 Å². The number of carbonyl (C=O) groups is 1. The van der Waals surface area contributed by atoms with Gasteiger partial charge in [0, 0.05) is 19.5 Å². The van der Waals surface area contributed by atoms with Crippen LogP contribution in [0.25, 0.3) is 0 Å². The van der Waals surface area contributed by atoms with E-state index in [1.807, 2.05) is 24.6 Å². The lowest BCUT2D eigenvalue weighted by atomic mass is 10.2. The van der Waals surface area contributed by atoms with Crippen molar-refractivity contribution in [2.45, 2.75) is 52.3 Å². The number of hydrogen-bond acceptors (Lipinski definition) is 5. The standard InChI is InChI=1S/C16H22N4O3/c1-3-13(21)12-8-11-9-19(6-5-7-20(11)18-12)16(22)15-14(4-2)23-10-17-15/h8,10,13,21H,3-7,9H2,1-2H3/t13-/m1/s1. The molecule has 3 rings (SSSR count). The Morgan fingerprint density at radius 3 is 3.00 bits per heavy atom. The zero-order valence-electron chi connectivity index (χ0n) is 13.5. The second kappa shape index (κ2) is 6.54. The maximum absolute atomic E-state index is 12.7. The number of hydrogen-bond donors (Lipinski definition) is 1. The quantitative estimate of drug-likeness (QED) is 0.931. The highest BCUT2D eigenvalue weighted by Crippen LogP contribution is 2.21. The van der Waals surface area contributed by atoms with E-state index in [1.165, 1.54) is 6.39 Å². The second-order valence-electron chi connectivity index (χ2n) is 5.77. The summed E-state index contributed by atoms with van der Waals surface area (Å²) >= 11 is 0. The van der Waals surface area contributed by atoms with Gasteiger partial charge in [-0.1, -0.05) is 13.8 Å². The molecule has 7 heteroatoms. The smallest absolute Gasteiger partial charge is 0.276 e. The average Bonchev–Trinajstić information content (AvgIpc) is 3.15. The molecule has 0 spiro atoms. The molecule has 0 fully saturated rings. The van der Waals surface area contributed by atoms with Crippen LogP contribution in [0.15, 0.2) is 16.9 Å². The molecule has 0 saturated heterocycles. The highest BCUT2D eigenvalue weighted by Gasteiger charge is 2.26. The summed E-state index contributed by atoms with van der Waals surface area (Å²) in [7, 11) is 0. The number of nitrogens with zero attached hydrogens (tertiary/aromatic N) is 4. The molecular formula is C16H22N4O3. The molecule has 0 unspecified atom stereocenters. The van der Waals surface area contributed by atoms with Crippen molar-refractivity contribution in [3.63, 3.8) is 0 Å². The van der Waals surface area contributed by atoms with Gasteiger partial charge in [-0.25, -0.2) is 4.98 Å². The molecule has 3 heterocycles. The Morgan fingerprint density at radius 1 is 1.43 bits per heavy atom. The van der Waals surface area contributed by atoms with Crippen LogP contribution in [0.5, 0.6) is 0 Å². The number of aryl methyl sites for hydroxylation is 2. The van der Waals surface area contributed by atoms with Gasteiger partial charge in [0.05, 0.1) is 24.0 Å². The molecule has 1 N–H and O–H groups in total. The van der Waals surface area contributed by atoms with Gasteiger partial charge >= 0.3 is 0 Å². The van der Waals surface area contributed by atoms with E-state index in [1.54, 1.807) is 4.90 Å². The third-order valence-corrected chi connectivity index (χ3v) is 4.21. The molecule has 2 aromatic rings. The second-order valence-corrected chi connectivity index (χ2v) is 5.77. The first-order valence-corrected chi connectivity index (χ1v) is 8.10. The zero-order valence-corrected chi connectivity index (χ0v) is 13.5. The average molecular weight is 318 g/mol. The van der Waals surface area contributed by atoms with Crippen LogP contribution in [0.1, 0.15) is 60.4 Å². The number of amides is 1. The SMILES string of the molecule is CCc1ocnc1C(=O)N1CCCn2nc([C@H](O)CC)cc2C1. The Kier molecular flexibility index (Phi) is 4.47. The fraction of sp³-hybridized carbons (Fsp3) is 0.562. The van der Waals surface area contributed by atoms with Crippen molar-refractivity contribution in [1.29, 1.82) is 0 Å². The molecule has 1 atom stereocenters. The van der Waals surface area contributed by atoms with E-state index in [4.69, 9.17) is 4.42 Å². The van der Waals surface area contributed by atoms with Crippen molar-refractivity contribution in [2.24, 2.45) is 0 Å². The fourth-order valence-electron chi connectivity index (χ4n) is 2.88. The number of aromatic nitrogens is 3. The number of fused-ring (bicyclic) bond motifs is 1. The molecule has 23 heavy (non-hydrogen) atoms. The first-order valence-electron chi connectivity index (χ1n) is 8.10. The Balaban J connectivity index is 1.83. The van der Waals surface area contributed by atoms with Crippen LogP contribution >= 0.6 is 0 Å². The van der Waals surface area contributed by atoms with Gasteiger partial charge in [-0.15, -0.1) is 0 Å². The van der Waals surface area contributed by atoms with Crippen molar-refractivity contribution in [3.8, 4) is 0 Å². The number of carbonyl (C=O) groups excluding carboxylic acids is 1. The van der Waals surface area contributed by atoms with E-state index < -0.39 is 6.10 Å². The first kappa shape index (κ1) is 15.7. The Bertz CT molecular complexity index is 691. The first-order chi connectivity index (χ1) is 11.1. The summed E-state index contributed by atoms with van der Waals surface area (Å²) in [5.41, 5.74) is 2.02. The van der Waals surface area contributed by atoms with Gasteiger partial charge < -0.3 is 14.4 Å². The largest absolute Gasteiger partial charge is 0.448 e. The predicted molar refractivity (Wildman–Crippen MR) is 82.7 cm³/mol. The summed E-state index contributed by atoms with van der Waals surface area (Å²) in [5, 5.41) is 14.4. The molecule has 0 bridgehead atoms. The fourth-order valence-corrected chi connectivity index (χ4v) is 2.88. The van der Waals surface area contributed by atoms with Crippen LogP contribution in [-0.2, 0) is 19.5 Å². The Morgan fingerprint density at radius 2 is 2.26 bits per heavy atom. The molecule has 0 aliphatic carbocycles. The summed E-state index contributed by atoms with van der Waals surface area (Å²) < 4.78 is 7.16. The number of rotatable bonds is 4. The van der Waals surface area contributed by atoms with Crippen LogP contribution in [0, 0.1) is 0 Å². The summed E-state index contributed by atoms with van der Waals surface area (Å²) in [6, 6.07) is 1.89. The van der Waals surface area contributed by atoms with E-state index in [0.717, 1.165) is 18.7 Å². The third-order valence-electron chi connectivity index (χ3n) is 4.21. The number of oxazole rings is 1. The van der Waals surface area contributed by atoms with Gasteiger partial charge in [0.2, 0.25) is 0 Å². The van der Waals surface area contributed by atoms with Crippen LogP contribution in [0.2, 0.25) is 0 Å². The zero-order chi connectivity index (χ0) is 16.4. The third kappa shape index (κ3) is 3.01. The normalized spacial score (nSPS) is 16.0. The number of aliphatic hydroxyl groups is 1. The lowest BCUT2D eigenvalue weighted by Crippen LogP contribution is -2.31. The summed E-state index contributed by atoms with van der Waals surface area (Å²) in [6.45, 7) is 5.73. The van der Waals surface area contributed by atoms with Crippen molar-refractivity contribution >= 4 is 5.91 Å². The molecule has 0 radical (unpaired) electrons. The van der Waals surface area contributed by atoms with Crippen LogP contribution in [0.4, 0.5) is 0 Å². The minimum Gasteiger partial charge on any atom is -0.448 e. The minimum absolute atomic E-state index is 0.108. The van der Waals surface area contributed by atoms with Gasteiger partial charge in [0.1, 0.15) is 5.76 Å². The molecule has 0 saturated carbocycles. The summed E-state index contributed by atoms with van der Waals surface area (Å²) in [5.74, 6) is 0.512. The predicted octanol–water partition coefficient (Wildman–Crippen LogP) is 1.92. The van der Waals surface area contributed by atoms with E-state index in [-0.39, 0.29) is 5.91 Å². The van der Waals surface area contributed by atoms with Gasteiger partial charge in [0.25, 0.3) is 5.91 Å². The Hall–Kier alpha value is -2.15. The molecular weight excluding hydrogens is 296 g/mol. The molecule has 7 nitrogen and oxygen atoms in total. The molecule has 1 amide bonds. The highest BCUT2D eigenvalue weighted by molar-refractivity contribution is 5.93. The Labute approximate surface area is 134 Å². The van der Waals surface area contributed by atoms with E-state index in [2.05, 4.69) is 10.1 Å². The van der Waals surface area contributed by atoms with E-state index in [0.29, 0.717) is 43.1 Å². The summed E-state index contributed by atoms with van der Waals surface area (Å²) in [4.78, 5) is 18.6. The highest BCUT2D eigenvalue weighted by atomic mass is 16.3. The number of aliphatic hydroxyl groups excluding tert-OH is 1. The maximum Gasteiger partial charge on any atom is 0.276 e. The van der Waals surface area contributed by atoms with Crippen molar-refractivity contribution in [2.75, 3.05) is 6.54 Å². The van der Waals surface area contributed by atoms with Crippen LogP contribution < -0.4 is 0 Å². The minimum atomic E-state index is -0.555. The molecule has 2 aromatic heterocycles.